The Morgan fingerprint density at radius 3 is 2.31 bits per heavy atom. The molecule has 3 rings (SSSR count). The van der Waals surface area contributed by atoms with Crippen LogP contribution in [0.25, 0.3) is 0 Å². The van der Waals surface area contributed by atoms with Gasteiger partial charge >= 0.3 is 18.3 Å². The van der Waals surface area contributed by atoms with Crippen molar-refractivity contribution in [3.8, 4) is 5.75 Å². The van der Waals surface area contributed by atoms with Gasteiger partial charge in [0.1, 0.15) is 17.0 Å². The van der Waals surface area contributed by atoms with E-state index in [0.29, 0.717) is 23.4 Å². The standard InChI is InChI=1S/C24H27ClF3N3O4/c1-22(2,3)35-21(33)30-13-7-9-19-15(10-13)18(12-23(4,5)34-19)31-20(32)29-14-6-8-17(25)16(11-14)24(26,27)28/h6-11,18H,12H2,1-5H3,(H,30,33)(H2,29,31,32)/t18-/m1/s1. The molecule has 2 aromatic rings. The second kappa shape index (κ2) is 9.49. The van der Waals surface area contributed by atoms with Crippen molar-refractivity contribution >= 4 is 35.1 Å². The van der Waals surface area contributed by atoms with Gasteiger partial charge < -0.3 is 20.1 Å². The van der Waals surface area contributed by atoms with Crippen molar-refractivity contribution in [2.24, 2.45) is 0 Å². The molecule has 190 valence electrons. The average molecular weight is 514 g/mol. The van der Waals surface area contributed by atoms with Crippen molar-refractivity contribution in [2.75, 3.05) is 10.6 Å². The maximum absolute atomic E-state index is 13.1. The van der Waals surface area contributed by atoms with Crippen molar-refractivity contribution in [1.82, 2.24) is 5.32 Å². The van der Waals surface area contributed by atoms with Crippen LogP contribution in [0.1, 0.15) is 58.2 Å². The lowest BCUT2D eigenvalue weighted by molar-refractivity contribution is -0.137. The van der Waals surface area contributed by atoms with Crippen LogP contribution in [0.3, 0.4) is 0 Å². The number of benzene rings is 2. The third-order valence-corrected chi connectivity index (χ3v) is 5.28. The third-order valence-electron chi connectivity index (χ3n) is 4.95. The summed E-state index contributed by atoms with van der Waals surface area (Å²) in [6.07, 6.45) is -4.93. The fourth-order valence-electron chi connectivity index (χ4n) is 3.63. The zero-order valence-electron chi connectivity index (χ0n) is 19.9. The molecule has 2 aromatic carbocycles. The molecular weight excluding hydrogens is 487 g/mol. The van der Waals surface area contributed by atoms with E-state index in [0.717, 1.165) is 12.1 Å². The van der Waals surface area contributed by atoms with Crippen LogP contribution in [0.2, 0.25) is 5.02 Å². The molecule has 0 saturated carbocycles. The van der Waals surface area contributed by atoms with Gasteiger partial charge in [0.15, 0.2) is 0 Å². The number of rotatable bonds is 3. The summed E-state index contributed by atoms with van der Waals surface area (Å²) >= 11 is 5.65. The molecule has 1 atom stereocenters. The first-order chi connectivity index (χ1) is 16.0. The number of carbonyl (C=O) groups excluding carboxylic acids is 2. The summed E-state index contributed by atoms with van der Waals surface area (Å²) in [6, 6.07) is 6.83. The van der Waals surface area contributed by atoms with Crippen LogP contribution in [-0.4, -0.2) is 23.3 Å². The Kier molecular flexibility index (Phi) is 7.17. The Bertz CT molecular complexity index is 1130. The van der Waals surface area contributed by atoms with Crippen molar-refractivity contribution < 1.29 is 32.2 Å². The molecule has 0 unspecified atom stereocenters. The molecule has 0 radical (unpaired) electrons. The van der Waals surface area contributed by atoms with Gasteiger partial charge in [-0.3, -0.25) is 5.32 Å². The summed E-state index contributed by atoms with van der Waals surface area (Å²) < 4.78 is 50.7. The monoisotopic (exact) mass is 513 g/mol. The van der Waals surface area contributed by atoms with E-state index in [-0.39, 0.29) is 5.69 Å². The van der Waals surface area contributed by atoms with Crippen LogP contribution in [-0.2, 0) is 10.9 Å². The largest absolute Gasteiger partial charge is 0.487 e. The number of amides is 3. The summed E-state index contributed by atoms with van der Waals surface area (Å²) in [4.78, 5) is 24.8. The average Bonchev–Trinajstić information content (AvgIpc) is 2.67. The third kappa shape index (κ3) is 7.17. The predicted molar refractivity (Wildman–Crippen MR) is 127 cm³/mol. The number of nitrogens with one attached hydrogen (secondary N) is 3. The SMILES string of the molecule is CC(C)(C)OC(=O)Nc1ccc2c(c1)[C@H](NC(=O)Nc1ccc(Cl)c(C(F)(F)F)c1)CC(C)(C)O2. The van der Waals surface area contributed by atoms with Gasteiger partial charge in [-0.15, -0.1) is 0 Å². The topological polar surface area (TPSA) is 88.7 Å². The Morgan fingerprint density at radius 1 is 1.06 bits per heavy atom. The highest BCUT2D eigenvalue weighted by Gasteiger charge is 2.36. The van der Waals surface area contributed by atoms with Crippen LogP contribution in [0.15, 0.2) is 36.4 Å². The van der Waals surface area contributed by atoms with Crippen LogP contribution in [0, 0.1) is 0 Å². The van der Waals surface area contributed by atoms with Gasteiger partial charge in [-0.25, -0.2) is 9.59 Å². The van der Waals surface area contributed by atoms with E-state index >= 15 is 0 Å². The van der Waals surface area contributed by atoms with E-state index in [1.54, 1.807) is 39.0 Å². The molecule has 1 aliphatic heterocycles. The van der Waals surface area contributed by atoms with E-state index in [9.17, 15) is 22.8 Å². The molecule has 1 heterocycles. The Hall–Kier alpha value is -3.14. The first kappa shape index (κ1) is 26.5. The number of ether oxygens (including phenoxy) is 2. The molecule has 0 fully saturated rings. The van der Waals surface area contributed by atoms with Crippen LogP contribution < -0.4 is 20.7 Å². The van der Waals surface area contributed by atoms with Crippen LogP contribution in [0.5, 0.6) is 5.75 Å². The summed E-state index contributed by atoms with van der Waals surface area (Å²) in [6.45, 7) is 8.93. The van der Waals surface area contributed by atoms with Gasteiger partial charge in [0.2, 0.25) is 0 Å². The quantitative estimate of drug-likeness (QED) is 0.407. The number of carbonyl (C=O) groups is 2. The molecule has 3 N–H and O–H groups in total. The van der Waals surface area contributed by atoms with E-state index in [1.807, 2.05) is 13.8 Å². The minimum absolute atomic E-state index is 0.0638. The highest BCUT2D eigenvalue weighted by molar-refractivity contribution is 6.31. The van der Waals surface area contributed by atoms with E-state index < -0.39 is 46.1 Å². The molecule has 0 saturated heterocycles. The summed E-state index contributed by atoms with van der Waals surface area (Å²) in [5.74, 6) is 0.507. The minimum Gasteiger partial charge on any atom is -0.487 e. The lowest BCUT2D eigenvalue weighted by atomic mass is 9.89. The van der Waals surface area contributed by atoms with Gasteiger partial charge in [-0.05, 0) is 71.0 Å². The van der Waals surface area contributed by atoms with Gasteiger partial charge in [-0.1, -0.05) is 11.6 Å². The molecule has 11 heteroatoms. The zero-order chi connectivity index (χ0) is 26.2. The number of halogens is 4. The van der Waals surface area contributed by atoms with E-state index in [2.05, 4.69) is 16.0 Å². The maximum atomic E-state index is 13.1. The smallest absolute Gasteiger partial charge is 0.417 e. The first-order valence-corrected chi connectivity index (χ1v) is 11.2. The number of anilines is 2. The Balaban J connectivity index is 1.80. The number of urea groups is 1. The molecule has 0 aromatic heterocycles. The van der Waals surface area contributed by atoms with E-state index in [1.165, 1.54) is 6.07 Å². The lowest BCUT2D eigenvalue weighted by Crippen LogP contribution is -2.42. The van der Waals surface area contributed by atoms with Gasteiger partial charge in [0.25, 0.3) is 0 Å². The van der Waals surface area contributed by atoms with Crippen LogP contribution >= 0.6 is 11.6 Å². The van der Waals surface area contributed by atoms with Crippen molar-refractivity contribution in [1.29, 1.82) is 0 Å². The molecule has 35 heavy (non-hydrogen) atoms. The molecule has 0 spiro atoms. The summed E-state index contributed by atoms with van der Waals surface area (Å²) in [5.41, 5.74) is -1.39. The van der Waals surface area contributed by atoms with Crippen molar-refractivity contribution in [3.63, 3.8) is 0 Å². The van der Waals surface area contributed by atoms with Crippen molar-refractivity contribution in [3.05, 3.63) is 52.5 Å². The van der Waals surface area contributed by atoms with Crippen LogP contribution in [0.4, 0.5) is 34.1 Å². The molecule has 0 aliphatic carbocycles. The Labute approximate surface area is 206 Å². The minimum atomic E-state index is -4.66. The molecule has 1 aliphatic rings. The normalized spacial score (nSPS) is 17.0. The maximum Gasteiger partial charge on any atom is 0.417 e. The van der Waals surface area contributed by atoms with Gasteiger partial charge in [0.05, 0.1) is 16.6 Å². The van der Waals surface area contributed by atoms with Gasteiger partial charge in [0, 0.05) is 23.4 Å². The highest BCUT2D eigenvalue weighted by atomic mass is 35.5. The fraction of sp³-hybridized carbons (Fsp3) is 0.417. The predicted octanol–water partition coefficient (Wildman–Crippen LogP) is 7.13. The van der Waals surface area contributed by atoms with E-state index in [4.69, 9.17) is 21.1 Å². The summed E-state index contributed by atoms with van der Waals surface area (Å²) in [5, 5.41) is 7.38. The number of hydrogen-bond acceptors (Lipinski definition) is 4. The van der Waals surface area contributed by atoms with Crippen molar-refractivity contribution in [2.45, 2.75) is 64.5 Å². The molecule has 7 nitrogen and oxygen atoms in total. The van der Waals surface area contributed by atoms with Gasteiger partial charge in [-0.2, -0.15) is 13.2 Å². The molecular formula is C24H27ClF3N3O4. The first-order valence-electron chi connectivity index (χ1n) is 10.8. The lowest BCUT2D eigenvalue weighted by Gasteiger charge is -2.38. The zero-order valence-corrected chi connectivity index (χ0v) is 20.6. The fourth-order valence-corrected chi connectivity index (χ4v) is 3.85. The second-order valence-corrected chi connectivity index (χ2v) is 10.2. The highest BCUT2D eigenvalue weighted by Crippen LogP contribution is 2.41. The Morgan fingerprint density at radius 2 is 1.69 bits per heavy atom. The molecule has 3 amide bonds. The number of alkyl halides is 3. The summed E-state index contributed by atoms with van der Waals surface area (Å²) in [7, 11) is 0. The second-order valence-electron chi connectivity index (χ2n) is 9.79. The number of hydrogen-bond donors (Lipinski definition) is 3. The number of fused-ring (bicyclic) bond motifs is 1. The molecule has 0 bridgehead atoms.